The molecule has 3 nitrogen and oxygen atoms in total. The van der Waals surface area contributed by atoms with Gasteiger partial charge in [0.15, 0.2) is 5.78 Å². The van der Waals surface area contributed by atoms with E-state index in [0.717, 1.165) is 5.75 Å². The van der Waals surface area contributed by atoms with Crippen molar-refractivity contribution in [3.63, 3.8) is 0 Å². The molecule has 0 aliphatic heterocycles. The van der Waals surface area contributed by atoms with Gasteiger partial charge in [-0.1, -0.05) is 59.7 Å². The molecule has 0 aliphatic carbocycles. The first-order valence-corrected chi connectivity index (χ1v) is 7.50. The Morgan fingerprint density at radius 1 is 0.857 bits per heavy atom. The van der Waals surface area contributed by atoms with Crippen LogP contribution >= 0.6 is 0 Å². The molecule has 0 bridgehead atoms. The van der Waals surface area contributed by atoms with Crippen LogP contribution in [0.5, 0.6) is 5.75 Å². The lowest BCUT2D eigenvalue weighted by Gasteiger charge is -2.06. The lowest BCUT2D eigenvalue weighted by atomic mass is 9.99. The Bertz CT molecular complexity index is 409. The minimum absolute atomic E-state index is 0.0451. The number of carbonyl (C=O) groups excluding carboxylic acids is 2. The highest BCUT2D eigenvalue weighted by Gasteiger charge is 2.10. The van der Waals surface area contributed by atoms with E-state index in [1.54, 1.807) is 0 Å². The Morgan fingerprint density at radius 2 is 1.33 bits per heavy atom. The normalized spacial score (nSPS) is 10.3. The van der Waals surface area contributed by atoms with Crippen LogP contribution in [0.25, 0.3) is 0 Å². The molecule has 0 N–H and O–H groups in total. The Balaban J connectivity index is 0.000000433. The van der Waals surface area contributed by atoms with Gasteiger partial charge in [-0.3, -0.25) is 9.59 Å². The zero-order valence-corrected chi connectivity index (χ0v) is 14.1. The first-order chi connectivity index (χ1) is 9.75. The molecular weight excluding hydrogens is 264 g/mol. The van der Waals surface area contributed by atoms with Gasteiger partial charge in [0.25, 0.3) is 0 Å². The van der Waals surface area contributed by atoms with E-state index in [0.29, 0.717) is 5.78 Å². The second kappa shape index (κ2) is 10.1. The number of ketones is 2. The number of hydrogen-bond acceptors (Lipinski definition) is 3. The second-order valence-electron chi connectivity index (χ2n) is 5.93. The largest absolute Gasteiger partial charge is 0.486 e. The van der Waals surface area contributed by atoms with Gasteiger partial charge in [0.1, 0.15) is 18.1 Å². The summed E-state index contributed by atoms with van der Waals surface area (Å²) in [6.45, 7) is 11.6. The predicted octanol–water partition coefficient (Wildman–Crippen LogP) is 4.16. The molecule has 1 aromatic carbocycles. The van der Waals surface area contributed by atoms with Gasteiger partial charge in [-0.15, -0.1) is 0 Å². The fourth-order valence-electron chi connectivity index (χ4n) is 1.50. The monoisotopic (exact) mass is 292 g/mol. The average molecular weight is 292 g/mol. The summed E-state index contributed by atoms with van der Waals surface area (Å²) in [7, 11) is 0. The van der Waals surface area contributed by atoms with Gasteiger partial charge in [0.2, 0.25) is 0 Å². The molecule has 0 aliphatic rings. The summed E-state index contributed by atoms with van der Waals surface area (Å²) in [5, 5.41) is 0. The summed E-state index contributed by atoms with van der Waals surface area (Å²) in [6.07, 6.45) is 0. The van der Waals surface area contributed by atoms with Crippen LogP contribution in [-0.4, -0.2) is 18.2 Å². The van der Waals surface area contributed by atoms with Gasteiger partial charge < -0.3 is 4.74 Å². The highest BCUT2D eigenvalue weighted by molar-refractivity contribution is 5.82. The highest BCUT2D eigenvalue weighted by atomic mass is 16.5. The van der Waals surface area contributed by atoms with E-state index < -0.39 is 0 Å². The third kappa shape index (κ3) is 9.01. The van der Waals surface area contributed by atoms with Crippen LogP contribution < -0.4 is 4.74 Å². The van der Waals surface area contributed by atoms with Gasteiger partial charge in [-0.25, -0.2) is 0 Å². The third-order valence-electron chi connectivity index (χ3n) is 2.91. The summed E-state index contributed by atoms with van der Waals surface area (Å²) in [5.41, 5.74) is 0. The highest BCUT2D eigenvalue weighted by Crippen LogP contribution is 2.08. The molecule has 1 aromatic rings. The molecule has 1 rings (SSSR count). The van der Waals surface area contributed by atoms with Crippen molar-refractivity contribution >= 4 is 11.6 Å². The quantitative estimate of drug-likeness (QED) is 0.790. The maximum absolute atomic E-state index is 11.2. The minimum Gasteiger partial charge on any atom is -0.486 e. The van der Waals surface area contributed by atoms with Crippen molar-refractivity contribution in [1.29, 1.82) is 0 Å². The predicted molar refractivity (Wildman–Crippen MR) is 86.5 cm³/mol. The molecule has 0 atom stereocenters. The lowest BCUT2D eigenvalue weighted by molar-refractivity contribution is -0.125. The van der Waals surface area contributed by atoms with Crippen molar-refractivity contribution in [3.05, 3.63) is 30.3 Å². The van der Waals surface area contributed by atoms with Crippen molar-refractivity contribution in [2.75, 3.05) is 6.61 Å². The van der Waals surface area contributed by atoms with Crippen molar-refractivity contribution in [2.45, 2.75) is 41.5 Å². The fraction of sp³-hybridized carbons (Fsp3) is 0.556. The summed E-state index contributed by atoms with van der Waals surface area (Å²) >= 11 is 0. The van der Waals surface area contributed by atoms with Crippen molar-refractivity contribution in [2.24, 2.45) is 17.8 Å². The summed E-state index contributed by atoms with van der Waals surface area (Å²) < 4.78 is 5.28. The molecule has 21 heavy (non-hydrogen) atoms. The van der Waals surface area contributed by atoms with E-state index >= 15 is 0 Å². The van der Waals surface area contributed by atoms with Gasteiger partial charge in [-0.05, 0) is 12.1 Å². The maximum atomic E-state index is 11.2. The minimum atomic E-state index is 0.0451. The van der Waals surface area contributed by atoms with Gasteiger partial charge in [0, 0.05) is 17.8 Å². The van der Waals surface area contributed by atoms with Gasteiger partial charge >= 0.3 is 0 Å². The Hall–Kier alpha value is -1.64. The van der Waals surface area contributed by atoms with E-state index in [1.807, 2.05) is 71.9 Å². The number of carbonyl (C=O) groups is 2. The van der Waals surface area contributed by atoms with Crippen LogP contribution in [0.3, 0.4) is 0 Å². The number of hydrogen-bond donors (Lipinski definition) is 0. The molecule has 0 radical (unpaired) electrons. The number of rotatable bonds is 6. The number of ether oxygens (including phenoxy) is 1. The van der Waals surface area contributed by atoms with Crippen molar-refractivity contribution < 1.29 is 14.3 Å². The molecule has 0 spiro atoms. The molecule has 0 amide bonds. The number of para-hydroxylation sites is 1. The number of Topliss-reactive ketones (excluding diaryl/α,β-unsaturated/α-hetero) is 2. The molecule has 0 unspecified atom stereocenters. The zero-order chi connectivity index (χ0) is 16.4. The molecule has 3 heteroatoms. The van der Waals surface area contributed by atoms with Crippen LogP contribution in [0.4, 0.5) is 0 Å². The summed E-state index contributed by atoms with van der Waals surface area (Å²) in [6, 6.07) is 9.36. The standard InChI is InChI=1S/C11H14O2.C7H14O/c1-9(2)11(12)8-13-10-6-4-3-5-7-10;1-5(2)7(8)6(3)4/h3-7,9H,8H2,1-2H3;5-6H,1-4H3. The maximum Gasteiger partial charge on any atom is 0.172 e. The second-order valence-corrected chi connectivity index (χ2v) is 5.93. The topological polar surface area (TPSA) is 43.4 Å². The van der Waals surface area contributed by atoms with E-state index in [2.05, 4.69) is 0 Å². The van der Waals surface area contributed by atoms with Crippen LogP contribution in [0, 0.1) is 17.8 Å². The van der Waals surface area contributed by atoms with Crippen molar-refractivity contribution in [1.82, 2.24) is 0 Å². The van der Waals surface area contributed by atoms with E-state index in [4.69, 9.17) is 4.74 Å². The van der Waals surface area contributed by atoms with E-state index in [9.17, 15) is 9.59 Å². The summed E-state index contributed by atoms with van der Waals surface area (Å²) in [5.74, 6) is 1.68. The molecular formula is C18H28O3. The molecule has 0 saturated carbocycles. The molecule has 0 heterocycles. The number of benzene rings is 1. The van der Waals surface area contributed by atoms with Crippen LogP contribution in [-0.2, 0) is 9.59 Å². The zero-order valence-electron chi connectivity index (χ0n) is 14.1. The first kappa shape index (κ1) is 19.4. The summed E-state index contributed by atoms with van der Waals surface area (Å²) in [4.78, 5) is 22.0. The fourth-order valence-corrected chi connectivity index (χ4v) is 1.50. The first-order valence-electron chi connectivity index (χ1n) is 7.50. The molecule has 118 valence electrons. The smallest absolute Gasteiger partial charge is 0.172 e. The lowest BCUT2D eigenvalue weighted by Crippen LogP contribution is -2.16. The SMILES string of the molecule is CC(C)C(=O)C(C)C.CC(C)C(=O)COc1ccccc1. The molecule has 0 aromatic heterocycles. The average Bonchev–Trinajstić information content (AvgIpc) is 2.45. The molecule has 0 saturated heterocycles. The van der Waals surface area contributed by atoms with Crippen LogP contribution in [0.1, 0.15) is 41.5 Å². The van der Waals surface area contributed by atoms with Gasteiger partial charge in [0.05, 0.1) is 0 Å². The molecule has 0 fully saturated rings. The van der Waals surface area contributed by atoms with Crippen LogP contribution in [0.15, 0.2) is 30.3 Å². The Morgan fingerprint density at radius 3 is 1.67 bits per heavy atom. The van der Waals surface area contributed by atoms with Crippen molar-refractivity contribution in [3.8, 4) is 5.75 Å². The third-order valence-corrected chi connectivity index (χ3v) is 2.91. The Kier molecular flexibility index (Phi) is 9.35. The van der Waals surface area contributed by atoms with E-state index in [-0.39, 0.29) is 30.1 Å². The van der Waals surface area contributed by atoms with Crippen LogP contribution in [0.2, 0.25) is 0 Å². The Labute approximate surface area is 128 Å². The van der Waals surface area contributed by atoms with E-state index in [1.165, 1.54) is 0 Å². The van der Waals surface area contributed by atoms with Gasteiger partial charge in [-0.2, -0.15) is 0 Å².